The maximum absolute atomic E-state index is 14.0. The van der Waals surface area contributed by atoms with Crippen LogP contribution in [0.1, 0.15) is 56.5 Å². The summed E-state index contributed by atoms with van der Waals surface area (Å²) in [7, 11) is 0. The number of nitrogens with one attached hydrogen (secondary N) is 2. The molecule has 0 unspecified atom stereocenters. The van der Waals surface area contributed by atoms with Crippen molar-refractivity contribution in [2.75, 3.05) is 17.2 Å². The van der Waals surface area contributed by atoms with Crippen molar-refractivity contribution in [3.05, 3.63) is 87.2 Å². The lowest BCUT2D eigenvalue weighted by molar-refractivity contribution is -0.183. The monoisotopic (exact) mass is 702 g/mol. The molecule has 2 aromatic carbocycles. The number of aromatic nitrogens is 5. The highest BCUT2D eigenvalue weighted by atomic mass is 35.5. The van der Waals surface area contributed by atoms with E-state index in [0.717, 1.165) is 10.9 Å². The molecule has 2 N–H and O–H groups in total. The highest BCUT2D eigenvalue weighted by Gasteiger charge is 2.66. The second kappa shape index (κ2) is 11.9. The fraction of sp³-hybridized carbons (Fsp3) is 0.364. The topological polar surface area (TPSA) is 113 Å². The summed E-state index contributed by atoms with van der Waals surface area (Å²) in [6.45, 7) is 5.03. The molecule has 1 aliphatic rings. The lowest BCUT2D eigenvalue weighted by atomic mass is 9.96. The number of fused-ring (bicyclic) bond motifs is 2. The molecule has 3 aromatic heterocycles. The molecule has 0 aliphatic heterocycles. The predicted molar refractivity (Wildman–Crippen MR) is 172 cm³/mol. The Morgan fingerprint density at radius 2 is 1.80 bits per heavy atom. The van der Waals surface area contributed by atoms with Crippen LogP contribution in [0.25, 0.3) is 21.7 Å². The molecule has 9 nitrogen and oxygen atoms in total. The minimum Gasteiger partial charge on any atom is -0.383 e. The van der Waals surface area contributed by atoms with E-state index in [1.54, 1.807) is 18.2 Å². The molecule has 1 atom stereocenters. The van der Waals surface area contributed by atoms with Gasteiger partial charge < -0.3 is 15.2 Å². The molecule has 0 bridgehead atoms. The number of rotatable bonds is 8. The van der Waals surface area contributed by atoms with Gasteiger partial charge in [0, 0.05) is 35.4 Å². The van der Waals surface area contributed by atoms with Gasteiger partial charge >= 0.3 is 12.4 Å². The fourth-order valence-corrected chi connectivity index (χ4v) is 6.01. The van der Waals surface area contributed by atoms with Crippen molar-refractivity contribution >= 4 is 44.7 Å². The Labute approximate surface area is 280 Å². The van der Waals surface area contributed by atoms with Gasteiger partial charge in [0.05, 0.1) is 34.0 Å². The molecular weight excluding hydrogens is 674 g/mol. The van der Waals surface area contributed by atoms with Crippen LogP contribution in [0.2, 0.25) is 5.02 Å². The van der Waals surface area contributed by atoms with Crippen LogP contribution in [0, 0.1) is 16.7 Å². The summed E-state index contributed by atoms with van der Waals surface area (Å²) in [4.78, 5) is 17.5. The minimum absolute atomic E-state index is 0.0366. The van der Waals surface area contributed by atoms with E-state index in [4.69, 9.17) is 11.6 Å². The summed E-state index contributed by atoms with van der Waals surface area (Å²) >= 11 is 6.70. The molecule has 0 amide bonds. The standard InChI is InChI=1S/C33H29ClF6N8O/c1-30(2,3)16-43-26-18(13-41)14-42-27-23(26)11-19(12-24(27)34)44-28(25-15-48(46-45-25)31(8-9-31)33(38,39)40)21-5-4-6-22-20(21)7-10-47(29(22)49)17-32(35,36)37/h4-7,10-12,14-15,28,44H,8-9,16-17H2,1-3H3,(H,42,43)/t28-/m0/s1. The Bertz CT molecular complexity index is 2170. The van der Waals surface area contributed by atoms with E-state index < -0.39 is 36.0 Å². The third-order valence-corrected chi connectivity index (χ3v) is 8.65. The Balaban J connectivity index is 1.51. The summed E-state index contributed by atoms with van der Waals surface area (Å²) in [5, 5.41) is 25.3. The van der Waals surface area contributed by atoms with Crippen molar-refractivity contribution in [1.29, 1.82) is 5.26 Å². The van der Waals surface area contributed by atoms with Gasteiger partial charge in [-0.15, -0.1) is 5.10 Å². The van der Waals surface area contributed by atoms with Crippen LogP contribution >= 0.6 is 11.6 Å². The summed E-state index contributed by atoms with van der Waals surface area (Å²) in [6.07, 6.45) is -5.98. The van der Waals surface area contributed by atoms with Gasteiger partial charge in [0.25, 0.3) is 5.56 Å². The summed E-state index contributed by atoms with van der Waals surface area (Å²) in [5.41, 5.74) is -1.40. The Kier molecular flexibility index (Phi) is 8.29. The Morgan fingerprint density at radius 3 is 2.43 bits per heavy atom. The first-order valence-electron chi connectivity index (χ1n) is 15.1. The number of hydrogen-bond donors (Lipinski definition) is 2. The number of nitrogens with zero attached hydrogens (tertiary/aromatic N) is 6. The minimum atomic E-state index is -4.65. The first-order chi connectivity index (χ1) is 22.9. The second-order valence-corrected chi connectivity index (χ2v) is 13.7. The van der Waals surface area contributed by atoms with Crippen LogP contribution in [0.3, 0.4) is 0 Å². The lowest BCUT2D eigenvalue weighted by Crippen LogP contribution is -2.35. The van der Waals surface area contributed by atoms with E-state index >= 15 is 0 Å². The summed E-state index contributed by atoms with van der Waals surface area (Å²) < 4.78 is 83.0. The van der Waals surface area contributed by atoms with Crippen molar-refractivity contribution < 1.29 is 26.3 Å². The zero-order chi connectivity index (χ0) is 35.5. The zero-order valence-corrected chi connectivity index (χ0v) is 27.1. The average Bonchev–Trinajstić information content (AvgIpc) is 3.70. The molecule has 1 saturated carbocycles. The van der Waals surface area contributed by atoms with Gasteiger partial charge in [-0.05, 0) is 53.5 Å². The number of alkyl halides is 6. The number of pyridine rings is 2. The maximum atomic E-state index is 14.0. The number of benzene rings is 2. The summed E-state index contributed by atoms with van der Waals surface area (Å²) in [5.74, 6) is 0. The van der Waals surface area contributed by atoms with Gasteiger partial charge in [0.15, 0.2) is 5.54 Å². The lowest BCUT2D eigenvalue weighted by Gasteiger charge is -2.23. The molecule has 16 heteroatoms. The summed E-state index contributed by atoms with van der Waals surface area (Å²) in [6, 6.07) is 10.1. The van der Waals surface area contributed by atoms with Crippen molar-refractivity contribution in [2.45, 2.75) is 64.1 Å². The van der Waals surface area contributed by atoms with Crippen molar-refractivity contribution in [3.8, 4) is 6.07 Å². The van der Waals surface area contributed by atoms with Crippen LogP contribution in [0.5, 0.6) is 0 Å². The first-order valence-corrected chi connectivity index (χ1v) is 15.5. The van der Waals surface area contributed by atoms with Crippen molar-refractivity contribution in [1.82, 2.24) is 24.5 Å². The largest absolute Gasteiger partial charge is 0.413 e. The molecule has 1 aliphatic carbocycles. The van der Waals surface area contributed by atoms with Gasteiger partial charge in [-0.2, -0.15) is 31.6 Å². The van der Waals surface area contributed by atoms with E-state index in [0.29, 0.717) is 39.0 Å². The van der Waals surface area contributed by atoms with E-state index in [2.05, 4.69) is 32.0 Å². The SMILES string of the molecule is CC(C)(C)CNc1c(C#N)cnc2c(Cl)cc(N[C@H](c3cn(C4(C(F)(F)F)CC4)nn3)c3cccc4c(=O)n(CC(F)(F)F)ccc34)cc12. The first kappa shape index (κ1) is 34.0. The molecule has 3 heterocycles. The Morgan fingerprint density at radius 1 is 1.06 bits per heavy atom. The molecule has 6 rings (SSSR count). The number of halogens is 7. The predicted octanol–water partition coefficient (Wildman–Crippen LogP) is 7.94. The van der Waals surface area contributed by atoms with Crippen molar-refractivity contribution in [3.63, 3.8) is 0 Å². The number of anilines is 2. The van der Waals surface area contributed by atoms with Crippen molar-refractivity contribution in [2.24, 2.45) is 5.41 Å². The van der Waals surface area contributed by atoms with Crippen LogP contribution in [0.4, 0.5) is 37.7 Å². The van der Waals surface area contributed by atoms with Gasteiger partial charge in [-0.1, -0.05) is 49.7 Å². The molecule has 1 fully saturated rings. The van der Waals surface area contributed by atoms with Gasteiger partial charge in [-0.3, -0.25) is 9.78 Å². The van der Waals surface area contributed by atoms with E-state index in [1.807, 2.05) is 20.8 Å². The van der Waals surface area contributed by atoms with E-state index in [9.17, 15) is 36.4 Å². The normalized spacial score (nSPS) is 15.3. The highest BCUT2D eigenvalue weighted by molar-refractivity contribution is 6.35. The van der Waals surface area contributed by atoms with Gasteiger partial charge in [-0.25, -0.2) is 4.68 Å². The van der Waals surface area contributed by atoms with E-state index in [-0.39, 0.29) is 45.3 Å². The van der Waals surface area contributed by atoms with Crippen LogP contribution in [0.15, 0.2) is 59.8 Å². The zero-order valence-electron chi connectivity index (χ0n) is 26.3. The second-order valence-electron chi connectivity index (χ2n) is 13.3. The molecule has 0 saturated heterocycles. The third kappa shape index (κ3) is 6.61. The van der Waals surface area contributed by atoms with E-state index in [1.165, 1.54) is 30.6 Å². The fourth-order valence-electron chi connectivity index (χ4n) is 5.74. The molecular formula is C33H29ClF6N8O. The van der Waals surface area contributed by atoms with Crippen LogP contribution in [-0.2, 0) is 12.1 Å². The maximum Gasteiger partial charge on any atom is 0.413 e. The molecule has 0 radical (unpaired) electrons. The van der Waals surface area contributed by atoms with Gasteiger partial charge in [0.2, 0.25) is 0 Å². The van der Waals surface area contributed by atoms with Crippen LogP contribution in [-0.4, -0.2) is 43.4 Å². The quantitative estimate of drug-likeness (QED) is 0.158. The van der Waals surface area contributed by atoms with Crippen LogP contribution < -0.4 is 16.2 Å². The van der Waals surface area contributed by atoms with Gasteiger partial charge in [0.1, 0.15) is 18.3 Å². The average molecular weight is 703 g/mol. The Hall–Kier alpha value is -4.84. The smallest absolute Gasteiger partial charge is 0.383 e. The number of nitriles is 1. The third-order valence-electron chi connectivity index (χ3n) is 8.36. The number of hydrogen-bond acceptors (Lipinski definition) is 7. The molecule has 0 spiro atoms. The molecule has 5 aromatic rings. The molecule has 49 heavy (non-hydrogen) atoms. The highest BCUT2D eigenvalue weighted by Crippen LogP contribution is 2.55. The molecule has 256 valence electrons.